The summed E-state index contributed by atoms with van der Waals surface area (Å²) in [7, 11) is 1.63. The number of piperazine rings is 1. The standard InChI is InChI=1S/C30H34N4O3/c1-22-21-33(18-17-32(22)19-20-37-24-11-5-4-6-12-24)23(2)29-31-26-14-8-7-13-25(26)30(35)34(29)27-15-9-10-16-28(27)36-3/h4-16,22-23H,17-21H2,1-3H3. The van der Waals surface area contributed by atoms with Crippen LogP contribution < -0.4 is 15.0 Å². The van der Waals surface area contributed by atoms with Crippen molar-refractivity contribution < 1.29 is 9.47 Å². The number of rotatable bonds is 8. The lowest BCUT2D eigenvalue weighted by Gasteiger charge is -2.42. The Balaban J connectivity index is 1.39. The normalized spacial score (nSPS) is 17.5. The fourth-order valence-corrected chi connectivity index (χ4v) is 5.15. The zero-order chi connectivity index (χ0) is 25.8. The van der Waals surface area contributed by atoms with Crippen molar-refractivity contribution in [3.8, 4) is 17.2 Å². The minimum absolute atomic E-state index is 0.0626. The van der Waals surface area contributed by atoms with Gasteiger partial charge in [0.1, 0.15) is 23.9 Å². The molecule has 0 N–H and O–H groups in total. The van der Waals surface area contributed by atoms with Gasteiger partial charge in [0.2, 0.25) is 0 Å². The largest absolute Gasteiger partial charge is 0.495 e. The van der Waals surface area contributed by atoms with Crippen LogP contribution >= 0.6 is 0 Å². The van der Waals surface area contributed by atoms with Gasteiger partial charge in [0.25, 0.3) is 5.56 Å². The van der Waals surface area contributed by atoms with Gasteiger partial charge in [-0.05, 0) is 50.2 Å². The Morgan fingerprint density at radius 3 is 2.49 bits per heavy atom. The van der Waals surface area contributed by atoms with E-state index in [-0.39, 0.29) is 11.6 Å². The first kappa shape index (κ1) is 25.0. The van der Waals surface area contributed by atoms with Crippen LogP contribution in [0, 0.1) is 0 Å². The van der Waals surface area contributed by atoms with Gasteiger partial charge >= 0.3 is 0 Å². The quantitative estimate of drug-likeness (QED) is 0.356. The average molecular weight is 499 g/mol. The molecule has 4 aromatic rings. The third kappa shape index (κ3) is 5.24. The minimum atomic E-state index is -0.0818. The van der Waals surface area contributed by atoms with Gasteiger partial charge in [-0.1, -0.05) is 42.5 Å². The number of hydrogen-bond acceptors (Lipinski definition) is 6. The van der Waals surface area contributed by atoms with Gasteiger partial charge in [0.15, 0.2) is 0 Å². The van der Waals surface area contributed by atoms with E-state index < -0.39 is 0 Å². The highest BCUT2D eigenvalue weighted by molar-refractivity contribution is 5.78. The molecule has 0 bridgehead atoms. The van der Waals surface area contributed by atoms with Crippen LogP contribution in [0.15, 0.2) is 83.7 Å². The highest BCUT2D eigenvalue weighted by atomic mass is 16.5. The zero-order valence-electron chi connectivity index (χ0n) is 21.7. The summed E-state index contributed by atoms with van der Waals surface area (Å²) < 4.78 is 13.3. The van der Waals surface area contributed by atoms with E-state index in [4.69, 9.17) is 14.5 Å². The molecule has 5 rings (SSSR count). The van der Waals surface area contributed by atoms with E-state index in [1.165, 1.54) is 0 Å². The van der Waals surface area contributed by atoms with Gasteiger partial charge in [-0.2, -0.15) is 0 Å². The van der Waals surface area contributed by atoms with E-state index in [0.717, 1.165) is 37.8 Å². The number of benzene rings is 3. The van der Waals surface area contributed by atoms with Gasteiger partial charge in [-0.25, -0.2) is 4.98 Å². The maximum Gasteiger partial charge on any atom is 0.266 e. The molecule has 1 aliphatic rings. The molecule has 3 aromatic carbocycles. The highest BCUT2D eigenvalue weighted by Gasteiger charge is 2.30. The van der Waals surface area contributed by atoms with E-state index in [9.17, 15) is 4.79 Å². The van der Waals surface area contributed by atoms with Crippen molar-refractivity contribution in [3.63, 3.8) is 0 Å². The number of fused-ring (bicyclic) bond motifs is 1. The summed E-state index contributed by atoms with van der Waals surface area (Å²) in [6.07, 6.45) is 0. The third-order valence-corrected chi connectivity index (χ3v) is 7.24. The van der Waals surface area contributed by atoms with Crippen LogP contribution in [0.25, 0.3) is 16.6 Å². The van der Waals surface area contributed by atoms with E-state index in [1.807, 2.05) is 78.9 Å². The number of nitrogens with zero attached hydrogens (tertiary/aromatic N) is 4. The molecule has 192 valence electrons. The summed E-state index contributed by atoms with van der Waals surface area (Å²) in [4.78, 5) is 23.7. The Morgan fingerprint density at radius 1 is 0.973 bits per heavy atom. The van der Waals surface area contributed by atoms with Crippen LogP contribution in [0.4, 0.5) is 0 Å². The average Bonchev–Trinajstić information content (AvgIpc) is 2.94. The summed E-state index contributed by atoms with van der Waals surface area (Å²) in [5.74, 6) is 2.27. The number of hydrogen-bond donors (Lipinski definition) is 0. The molecule has 1 aromatic heterocycles. The van der Waals surface area contributed by atoms with Crippen molar-refractivity contribution in [2.75, 3.05) is 39.9 Å². The van der Waals surface area contributed by atoms with E-state index in [1.54, 1.807) is 11.7 Å². The molecule has 0 spiro atoms. The molecular formula is C30H34N4O3. The van der Waals surface area contributed by atoms with Gasteiger partial charge in [0, 0.05) is 32.2 Å². The predicted octanol–water partition coefficient (Wildman–Crippen LogP) is 4.54. The van der Waals surface area contributed by atoms with Crippen molar-refractivity contribution >= 4 is 10.9 Å². The first-order chi connectivity index (χ1) is 18.1. The molecule has 2 unspecified atom stereocenters. The molecule has 2 atom stereocenters. The molecule has 37 heavy (non-hydrogen) atoms. The Kier molecular flexibility index (Phi) is 7.53. The molecule has 1 aliphatic heterocycles. The van der Waals surface area contributed by atoms with Crippen LogP contribution in [0.2, 0.25) is 0 Å². The van der Waals surface area contributed by atoms with Gasteiger partial charge in [0.05, 0.1) is 29.7 Å². The Morgan fingerprint density at radius 2 is 1.70 bits per heavy atom. The minimum Gasteiger partial charge on any atom is -0.495 e. The number of ether oxygens (including phenoxy) is 2. The second kappa shape index (κ2) is 11.2. The van der Waals surface area contributed by atoms with Crippen LogP contribution in [0.5, 0.6) is 11.5 Å². The second-order valence-electron chi connectivity index (χ2n) is 9.52. The van der Waals surface area contributed by atoms with Crippen LogP contribution in [0.1, 0.15) is 25.7 Å². The lowest BCUT2D eigenvalue weighted by molar-refractivity contribution is 0.0485. The Hall–Kier alpha value is -3.68. The lowest BCUT2D eigenvalue weighted by atomic mass is 10.1. The molecule has 7 nitrogen and oxygen atoms in total. The summed E-state index contributed by atoms with van der Waals surface area (Å²) in [5.41, 5.74) is 1.34. The Labute approximate surface area is 217 Å². The topological polar surface area (TPSA) is 59.8 Å². The monoisotopic (exact) mass is 498 g/mol. The second-order valence-corrected chi connectivity index (χ2v) is 9.52. The summed E-state index contributed by atoms with van der Waals surface area (Å²) in [6, 6.07) is 25.4. The van der Waals surface area contributed by atoms with Gasteiger partial charge in [-0.3, -0.25) is 19.2 Å². The Bertz CT molecular complexity index is 1410. The zero-order valence-corrected chi connectivity index (χ0v) is 21.7. The molecule has 1 saturated heterocycles. The SMILES string of the molecule is COc1ccccc1-n1c(C(C)N2CCN(CCOc3ccccc3)C(C)C2)nc2ccccc2c1=O. The smallest absolute Gasteiger partial charge is 0.266 e. The predicted molar refractivity (Wildman–Crippen MR) is 147 cm³/mol. The molecule has 0 aliphatic carbocycles. The highest BCUT2D eigenvalue weighted by Crippen LogP contribution is 2.28. The van der Waals surface area contributed by atoms with Crippen LogP contribution in [-0.2, 0) is 0 Å². The number of methoxy groups -OCH3 is 1. The molecule has 7 heteroatoms. The van der Waals surface area contributed by atoms with Crippen molar-refractivity contribution in [1.82, 2.24) is 19.4 Å². The molecule has 2 heterocycles. The first-order valence-electron chi connectivity index (χ1n) is 12.9. The number of para-hydroxylation sites is 4. The van der Waals surface area contributed by atoms with Crippen molar-refractivity contribution in [1.29, 1.82) is 0 Å². The van der Waals surface area contributed by atoms with Crippen LogP contribution in [0.3, 0.4) is 0 Å². The van der Waals surface area contributed by atoms with Gasteiger partial charge < -0.3 is 9.47 Å². The maximum atomic E-state index is 13.8. The van der Waals surface area contributed by atoms with Crippen LogP contribution in [-0.4, -0.2) is 65.3 Å². The molecule has 0 saturated carbocycles. The molecule has 1 fully saturated rings. The first-order valence-corrected chi connectivity index (χ1v) is 12.9. The lowest BCUT2D eigenvalue weighted by Crippen LogP contribution is -2.53. The van der Waals surface area contributed by atoms with Gasteiger partial charge in [-0.15, -0.1) is 0 Å². The van der Waals surface area contributed by atoms with E-state index in [2.05, 4.69) is 23.6 Å². The summed E-state index contributed by atoms with van der Waals surface area (Å²) in [5, 5.41) is 0.598. The molecular weight excluding hydrogens is 464 g/mol. The molecule has 0 radical (unpaired) electrons. The van der Waals surface area contributed by atoms with Crippen molar-refractivity contribution in [3.05, 3.63) is 95.0 Å². The molecule has 0 amide bonds. The summed E-state index contributed by atoms with van der Waals surface area (Å²) >= 11 is 0. The van der Waals surface area contributed by atoms with E-state index in [0.29, 0.717) is 35.0 Å². The fraction of sp³-hybridized carbons (Fsp3) is 0.333. The summed E-state index contributed by atoms with van der Waals surface area (Å²) in [6.45, 7) is 8.61. The maximum absolute atomic E-state index is 13.8. The van der Waals surface area contributed by atoms with Crippen molar-refractivity contribution in [2.24, 2.45) is 0 Å². The third-order valence-electron chi connectivity index (χ3n) is 7.24. The fourth-order valence-electron chi connectivity index (χ4n) is 5.15. The number of aromatic nitrogens is 2. The van der Waals surface area contributed by atoms with Crippen molar-refractivity contribution in [2.45, 2.75) is 25.9 Å². The van der Waals surface area contributed by atoms with E-state index >= 15 is 0 Å².